The average Bonchev–Trinajstić information content (AvgIpc) is 2.28. The molecule has 1 aromatic heterocycles. The van der Waals surface area contributed by atoms with Gasteiger partial charge in [0.1, 0.15) is 5.15 Å². The van der Waals surface area contributed by atoms with E-state index in [1.807, 2.05) is 11.6 Å². The third-order valence-electron chi connectivity index (χ3n) is 1.81. The summed E-state index contributed by atoms with van der Waals surface area (Å²) < 4.78 is 1.88. The fourth-order valence-electron chi connectivity index (χ4n) is 1.05. The molecule has 0 radical (unpaired) electrons. The molecule has 0 aliphatic carbocycles. The number of aliphatic hydroxyl groups excluding tert-OH is 1. The van der Waals surface area contributed by atoms with Gasteiger partial charge in [0.15, 0.2) is 0 Å². The van der Waals surface area contributed by atoms with Gasteiger partial charge in [0.05, 0.1) is 18.1 Å². The summed E-state index contributed by atoms with van der Waals surface area (Å²) in [7, 11) is 1.90. The molecule has 0 saturated carbocycles. The minimum atomic E-state index is -0.282. The molecule has 1 heterocycles. The van der Waals surface area contributed by atoms with E-state index in [9.17, 15) is 0 Å². The van der Waals surface area contributed by atoms with Gasteiger partial charge in [-0.2, -0.15) is 0 Å². The van der Waals surface area contributed by atoms with Gasteiger partial charge >= 0.3 is 0 Å². The van der Waals surface area contributed by atoms with Gasteiger partial charge in [0.25, 0.3) is 0 Å². The molecule has 0 aromatic carbocycles. The highest BCUT2D eigenvalue weighted by molar-refractivity contribution is 6.30. The van der Waals surface area contributed by atoms with Crippen molar-refractivity contribution in [3.05, 3.63) is 17.2 Å². The number of halogens is 1. The van der Waals surface area contributed by atoms with Gasteiger partial charge in [0, 0.05) is 7.05 Å². The van der Waals surface area contributed by atoms with Crippen LogP contribution in [-0.4, -0.2) is 20.8 Å². The molecule has 0 amide bonds. The summed E-state index contributed by atoms with van der Waals surface area (Å²) in [6, 6.07) is 0. The van der Waals surface area contributed by atoms with Crippen LogP contribution in [0.5, 0.6) is 0 Å². The molecule has 3 nitrogen and oxygen atoms in total. The van der Waals surface area contributed by atoms with E-state index in [0.717, 1.165) is 18.5 Å². The molecule has 4 heteroatoms. The molecule has 0 aliphatic rings. The van der Waals surface area contributed by atoms with Gasteiger partial charge < -0.3 is 9.67 Å². The van der Waals surface area contributed by atoms with Crippen molar-refractivity contribution in [1.82, 2.24) is 9.55 Å². The zero-order chi connectivity index (χ0) is 9.14. The fraction of sp³-hybridized carbons (Fsp3) is 0.625. The predicted octanol–water partition coefficient (Wildman–Crippen LogP) is 1.39. The van der Waals surface area contributed by atoms with E-state index in [-0.39, 0.29) is 6.10 Å². The van der Waals surface area contributed by atoms with Crippen LogP contribution in [0.2, 0.25) is 5.15 Å². The summed E-state index contributed by atoms with van der Waals surface area (Å²) in [5, 5.41) is 9.60. The molecule has 12 heavy (non-hydrogen) atoms. The molecule has 0 bridgehead atoms. The van der Waals surface area contributed by atoms with Crippen LogP contribution in [0.1, 0.15) is 19.0 Å². The van der Waals surface area contributed by atoms with Gasteiger partial charge in [0.2, 0.25) is 0 Å². The Hall–Kier alpha value is -0.540. The molecule has 1 rings (SSSR count). The third kappa shape index (κ3) is 2.22. The van der Waals surface area contributed by atoms with E-state index >= 15 is 0 Å². The van der Waals surface area contributed by atoms with Crippen molar-refractivity contribution < 1.29 is 5.11 Å². The maximum atomic E-state index is 9.06. The Balaban J connectivity index is 2.62. The Kier molecular flexibility index (Phi) is 3.12. The van der Waals surface area contributed by atoms with Crippen molar-refractivity contribution in [2.75, 3.05) is 0 Å². The minimum Gasteiger partial charge on any atom is -0.393 e. The van der Waals surface area contributed by atoms with Crippen LogP contribution in [0.25, 0.3) is 0 Å². The van der Waals surface area contributed by atoms with Crippen LogP contribution in [0.4, 0.5) is 0 Å². The summed E-state index contributed by atoms with van der Waals surface area (Å²) >= 11 is 5.81. The first-order chi connectivity index (χ1) is 5.61. The largest absolute Gasteiger partial charge is 0.393 e. The maximum absolute atomic E-state index is 9.06. The molecule has 0 aliphatic heterocycles. The van der Waals surface area contributed by atoms with E-state index in [4.69, 9.17) is 16.7 Å². The number of imidazole rings is 1. The summed E-state index contributed by atoms with van der Waals surface area (Å²) in [6.45, 7) is 1.77. The van der Waals surface area contributed by atoms with Crippen LogP contribution in [0, 0.1) is 0 Å². The number of hydrogen-bond acceptors (Lipinski definition) is 2. The number of nitrogens with zero attached hydrogens (tertiary/aromatic N) is 2. The zero-order valence-corrected chi connectivity index (χ0v) is 8.04. The fourth-order valence-corrected chi connectivity index (χ4v) is 1.32. The first-order valence-corrected chi connectivity index (χ1v) is 4.33. The van der Waals surface area contributed by atoms with Crippen LogP contribution in [0.3, 0.4) is 0 Å². The van der Waals surface area contributed by atoms with E-state index in [0.29, 0.717) is 5.15 Å². The highest BCUT2D eigenvalue weighted by atomic mass is 35.5. The SMILES string of the molecule is CC(O)CCc1c(Cl)ncn1C. The van der Waals surface area contributed by atoms with Crippen LogP contribution in [-0.2, 0) is 13.5 Å². The quantitative estimate of drug-likeness (QED) is 0.779. The lowest BCUT2D eigenvalue weighted by Crippen LogP contribution is -2.04. The number of aliphatic hydroxyl groups is 1. The summed E-state index contributed by atoms with van der Waals surface area (Å²) in [4.78, 5) is 3.94. The summed E-state index contributed by atoms with van der Waals surface area (Å²) in [5.41, 5.74) is 0.984. The Morgan fingerprint density at radius 2 is 2.42 bits per heavy atom. The van der Waals surface area contributed by atoms with Crippen molar-refractivity contribution in [3.8, 4) is 0 Å². The van der Waals surface area contributed by atoms with Crippen molar-refractivity contribution >= 4 is 11.6 Å². The van der Waals surface area contributed by atoms with Gasteiger partial charge in [-0.25, -0.2) is 4.98 Å². The lowest BCUT2D eigenvalue weighted by atomic mass is 10.2. The van der Waals surface area contributed by atoms with Crippen LogP contribution in [0.15, 0.2) is 6.33 Å². The van der Waals surface area contributed by atoms with Crippen LogP contribution < -0.4 is 0 Å². The second-order valence-electron chi connectivity index (χ2n) is 2.98. The highest BCUT2D eigenvalue weighted by Gasteiger charge is 2.06. The molecule has 1 unspecified atom stereocenters. The number of aryl methyl sites for hydroxylation is 1. The predicted molar refractivity (Wildman–Crippen MR) is 48.2 cm³/mol. The van der Waals surface area contributed by atoms with Crippen molar-refractivity contribution in [2.45, 2.75) is 25.9 Å². The topological polar surface area (TPSA) is 38.1 Å². The molecular formula is C8H13ClN2O. The number of rotatable bonds is 3. The summed E-state index contributed by atoms with van der Waals surface area (Å²) in [5.74, 6) is 0. The minimum absolute atomic E-state index is 0.282. The highest BCUT2D eigenvalue weighted by Crippen LogP contribution is 2.14. The van der Waals surface area contributed by atoms with Crippen molar-refractivity contribution in [2.24, 2.45) is 7.05 Å². The number of aromatic nitrogens is 2. The van der Waals surface area contributed by atoms with E-state index in [2.05, 4.69) is 4.98 Å². The van der Waals surface area contributed by atoms with Gasteiger partial charge in [-0.3, -0.25) is 0 Å². The zero-order valence-electron chi connectivity index (χ0n) is 7.29. The lowest BCUT2D eigenvalue weighted by molar-refractivity contribution is 0.184. The molecule has 0 spiro atoms. The van der Waals surface area contributed by atoms with Gasteiger partial charge in [-0.1, -0.05) is 11.6 Å². The van der Waals surface area contributed by atoms with Crippen LogP contribution >= 0.6 is 11.6 Å². The smallest absolute Gasteiger partial charge is 0.150 e. The van der Waals surface area contributed by atoms with Crippen molar-refractivity contribution in [1.29, 1.82) is 0 Å². The maximum Gasteiger partial charge on any atom is 0.150 e. The summed E-state index contributed by atoms with van der Waals surface area (Å²) in [6.07, 6.45) is 2.89. The first-order valence-electron chi connectivity index (χ1n) is 3.95. The molecule has 0 fully saturated rings. The molecule has 0 saturated heterocycles. The van der Waals surface area contributed by atoms with E-state index in [1.54, 1.807) is 13.3 Å². The number of hydrogen-bond donors (Lipinski definition) is 1. The average molecular weight is 189 g/mol. The molecule has 68 valence electrons. The van der Waals surface area contributed by atoms with Crippen molar-refractivity contribution in [3.63, 3.8) is 0 Å². The Morgan fingerprint density at radius 1 is 1.75 bits per heavy atom. The van der Waals surface area contributed by atoms with Gasteiger partial charge in [-0.15, -0.1) is 0 Å². The Morgan fingerprint density at radius 3 is 2.83 bits per heavy atom. The second-order valence-corrected chi connectivity index (χ2v) is 3.34. The van der Waals surface area contributed by atoms with E-state index in [1.165, 1.54) is 0 Å². The molecule has 1 N–H and O–H groups in total. The lowest BCUT2D eigenvalue weighted by Gasteiger charge is -2.04. The Bertz CT molecular complexity index is 238. The normalized spacial score (nSPS) is 13.3. The monoisotopic (exact) mass is 188 g/mol. The standard InChI is InChI=1S/C8H13ClN2O/c1-6(12)3-4-7-8(9)10-5-11(7)2/h5-6,12H,3-4H2,1-2H3. The second kappa shape index (κ2) is 3.92. The molecular weight excluding hydrogens is 176 g/mol. The Labute approximate surface area is 77.0 Å². The van der Waals surface area contributed by atoms with Gasteiger partial charge in [-0.05, 0) is 19.8 Å². The molecule has 1 aromatic rings. The third-order valence-corrected chi connectivity index (χ3v) is 2.12. The molecule has 1 atom stereocenters. The first kappa shape index (κ1) is 9.55. The van der Waals surface area contributed by atoms with E-state index < -0.39 is 0 Å².